The van der Waals surface area contributed by atoms with E-state index < -0.39 is 24.6 Å². The molecule has 0 aromatic heterocycles. The normalized spacial score (nSPS) is 24.5. The Labute approximate surface area is 169 Å². The van der Waals surface area contributed by atoms with Crippen LogP contribution in [-0.2, 0) is 9.98 Å². The molecule has 146 valence electrons. The van der Waals surface area contributed by atoms with Crippen molar-refractivity contribution >= 4 is 24.6 Å². The molecule has 3 aromatic carbocycles. The molecule has 4 nitrogen and oxygen atoms in total. The fraction of sp³-hybridized carbons (Fsp3) is 0.125. The van der Waals surface area contributed by atoms with Crippen molar-refractivity contribution in [3.8, 4) is 0 Å². The highest BCUT2D eigenvalue weighted by Crippen LogP contribution is 2.54. The number of hydrogen-bond acceptors (Lipinski definition) is 3. The summed E-state index contributed by atoms with van der Waals surface area (Å²) in [6, 6.07) is 20.0. The van der Waals surface area contributed by atoms with Crippen LogP contribution in [0.25, 0.3) is 10.8 Å². The third-order valence-corrected chi connectivity index (χ3v) is 6.89. The summed E-state index contributed by atoms with van der Waals surface area (Å²) in [5.41, 5.74) is -0.0729. The van der Waals surface area contributed by atoms with Gasteiger partial charge < -0.3 is 10.00 Å². The molecule has 0 radical (unpaired) electrons. The number of allylic oxidation sites excluding steroid dienone is 2. The van der Waals surface area contributed by atoms with Gasteiger partial charge in [0.15, 0.2) is 11.1 Å². The van der Waals surface area contributed by atoms with Crippen molar-refractivity contribution < 1.29 is 19.4 Å². The van der Waals surface area contributed by atoms with Gasteiger partial charge in [0, 0.05) is 5.56 Å². The van der Waals surface area contributed by atoms with Gasteiger partial charge in [-0.1, -0.05) is 85.0 Å². The zero-order chi connectivity index (χ0) is 20.6. The van der Waals surface area contributed by atoms with Crippen LogP contribution in [0.2, 0.25) is 0 Å². The van der Waals surface area contributed by atoms with Gasteiger partial charge in [0.1, 0.15) is 5.41 Å². The molecule has 0 spiro atoms. The van der Waals surface area contributed by atoms with Crippen LogP contribution in [-0.4, -0.2) is 21.1 Å². The molecule has 4 rings (SSSR count). The summed E-state index contributed by atoms with van der Waals surface area (Å²) in [6.45, 7) is 1.84. The average Bonchev–Trinajstić information content (AvgIpc) is 2.74. The highest BCUT2D eigenvalue weighted by atomic mass is 31.1. The zero-order valence-corrected chi connectivity index (χ0v) is 16.9. The molecule has 0 aliphatic heterocycles. The summed E-state index contributed by atoms with van der Waals surface area (Å²) in [7, 11) is -3.56. The van der Waals surface area contributed by atoms with Crippen molar-refractivity contribution in [2.45, 2.75) is 17.7 Å². The van der Waals surface area contributed by atoms with Crippen LogP contribution >= 0.6 is 8.03 Å². The van der Waals surface area contributed by atoms with Crippen LogP contribution in [0.3, 0.4) is 0 Å². The maximum atomic E-state index is 14.2. The third-order valence-electron chi connectivity index (χ3n) is 5.67. The van der Waals surface area contributed by atoms with E-state index in [0.29, 0.717) is 11.1 Å². The Morgan fingerprint density at radius 2 is 1.55 bits per heavy atom. The first-order valence-corrected chi connectivity index (χ1v) is 10.7. The lowest BCUT2D eigenvalue weighted by Crippen LogP contribution is -2.53. The second-order valence-corrected chi connectivity index (χ2v) is 8.64. The summed E-state index contributed by atoms with van der Waals surface area (Å²) in [5.74, 6) is -0.409. The average molecular weight is 404 g/mol. The fourth-order valence-corrected chi connectivity index (χ4v) is 5.09. The Morgan fingerprint density at radius 3 is 2.28 bits per heavy atom. The summed E-state index contributed by atoms with van der Waals surface area (Å²) in [6.07, 6.45) is 5.96. The number of aliphatic hydroxyl groups is 1. The highest BCUT2D eigenvalue weighted by Gasteiger charge is 2.58. The van der Waals surface area contributed by atoms with Crippen LogP contribution in [0, 0.1) is 6.92 Å². The molecule has 3 unspecified atom stereocenters. The molecule has 1 aliphatic rings. The van der Waals surface area contributed by atoms with Gasteiger partial charge in [-0.05, 0) is 34.9 Å². The maximum absolute atomic E-state index is 14.2. The number of ketones is 1. The molecular formula is C24H21O4P. The van der Waals surface area contributed by atoms with Gasteiger partial charge in [-0.25, -0.2) is 0 Å². The molecule has 0 heterocycles. The van der Waals surface area contributed by atoms with Gasteiger partial charge in [0.25, 0.3) is 0 Å². The fourth-order valence-electron chi connectivity index (χ4n) is 4.17. The molecule has 3 aromatic rings. The molecule has 0 bridgehead atoms. The Balaban J connectivity index is 2.09. The van der Waals surface area contributed by atoms with Crippen LogP contribution < -0.4 is 0 Å². The van der Waals surface area contributed by atoms with Crippen molar-refractivity contribution in [2.24, 2.45) is 0 Å². The van der Waals surface area contributed by atoms with Crippen molar-refractivity contribution in [3.05, 3.63) is 108 Å². The predicted molar refractivity (Wildman–Crippen MR) is 116 cm³/mol. The van der Waals surface area contributed by atoms with Gasteiger partial charge in [0.05, 0.1) is 0 Å². The summed E-state index contributed by atoms with van der Waals surface area (Å²) in [5, 5.41) is 10.8. The number of carbonyl (C=O) groups excluding carboxylic acids is 1. The Morgan fingerprint density at radius 1 is 0.897 bits per heavy atom. The van der Waals surface area contributed by atoms with Gasteiger partial charge >= 0.3 is 0 Å². The molecule has 5 heteroatoms. The number of benzene rings is 3. The number of carbonyl (C=O) groups is 1. The quantitative estimate of drug-likeness (QED) is 0.494. The minimum absolute atomic E-state index is 0.409. The first kappa shape index (κ1) is 19.5. The van der Waals surface area contributed by atoms with E-state index in [0.717, 1.165) is 16.3 Å². The van der Waals surface area contributed by atoms with Crippen LogP contribution in [0.1, 0.15) is 21.5 Å². The molecule has 0 saturated carbocycles. The zero-order valence-electron chi connectivity index (χ0n) is 15.9. The number of rotatable bonds is 4. The first-order valence-electron chi connectivity index (χ1n) is 9.33. The van der Waals surface area contributed by atoms with Gasteiger partial charge in [-0.2, -0.15) is 0 Å². The van der Waals surface area contributed by atoms with E-state index in [1.807, 2.05) is 43.3 Å². The highest BCUT2D eigenvalue weighted by molar-refractivity contribution is 7.40. The van der Waals surface area contributed by atoms with Gasteiger partial charge in [-0.3, -0.25) is 9.36 Å². The smallest absolute Gasteiger partial charge is 0.225 e. The van der Waals surface area contributed by atoms with E-state index in [4.69, 9.17) is 0 Å². The molecule has 29 heavy (non-hydrogen) atoms. The van der Waals surface area contributed by atoms with Crippen LogP contribution in [0.4, 0.5) is 0 Å². The molecule has 1 aliphatic carbocycles. The molecule has 0 amide bonds. The lowest BCUT2D eigenvalue weighted by atomic mass is 9.67. The SMILES string of the molecule is Cc1ccc2ccccc2c1C(=O)C1(c2ccccc2)C=CC=CC1(O)[PH](=O)O. The molecule has 2 N–H and O–H groups in total. The second-order valence-electron chi connectivity index (χ2n) is 7.27. The Hall–Kier alpha value is -2.78. The second kappa shape index (κ2) is 7.23. The van der Waals surface area contributed by atoms with E-state index in [1.165, 1.54) is 12.2 Å². The number of Topliss-reactive ketones (excluding diaryl/α,β-unsaturated/α-hetero) is 1. The van der Waals surface area contributed by atoms with E-state index in [-0.39, 0.29) is 0 Å². The van der Waals surface area contributed by atoms with Crippen molar-refractivity contribution in [3.63, 3.8) is 0 Å². The van der Waals surface area contributed by atoms with Crippen LogP contribution in [0.5, 0.6) is 0 Å². The Bertz CT molecular complexity index is 1180. The summed E-state index contributed by atoms with van der Waals surface area (Å²) in [4.78, 5) is 24.4. The topological polar surface area (TPSA) is 74.6 Å². The lowest BCUT2D eigenvalue weighted by Gasteiger charge is -2.43. The lowest BCUT2D eigenvalue weighted by molar-refractivity contribution is 0.0631. The summed E-state index contributed by atoms with van der Waals surface area (Å²) >= 11 is 0. The third kappa shape index (κ3) is 2.84. The van der Waals surface area contributed by atoms with Gasteiger partial charge in [-0.15, -0.1) is 0 Å². The number of fused-ring (bicyclic) bond motifs is 1. The van der Waals surface area contributed by atoms with Crippen molar-refractivity contribution in [2.75, 3.05) is 0 Å². The van der Waals surface area contributed by atoms with E-state index >= 15 is 0 Å². The minimum atomic E-state index is -3.56. The number of hydrogen-bond donors (Lipinski definition) is 2. The monoisotopic (exact) mass is 404 g/mol. The number of aryl methyl sites for hydroxylation is 1. The molecule has 0 saturated heterocycles. The minimum Gasteiger partial charge on any atom is -0.374 e. The standard InChI is InChI=1S/C24H21O4P/c1-17-13-14-18-9-5-6-12-20(18)21(17)22(25)23(19-10-3-2-4-11-19)15-7-8-16-24(23,26)29(27)28/h2-16,26,29H,1H3,(H,27,28). The molecular weight excluding hydrogens is 383 g/mol. The largest absolute Gasteiger partial charge is 0.374 e. The van der Waals surface area contributed by atoms with E-state index in [2.05, 4.69) is 0 Å². The van der Waals surface area contributed by atoms with Crippen molar-refractivity contribution in [1.29, 1.82) is 0 Å². The maximum Gasteiger partial charge on any atom is 0.225 e. The van der Waals surface area contributed by atoms with Crippen molar-refractivity contribution in [1.82, 2.24) is 0 Å². The van der Waals surface area contributed by atoms with E-state index in [9.17, 15) is 19.4 Å². The first-order chi connectivity index (χ1) is 13.9. The Kier molecular flexibility index (Phi) is 4.87. The van der Waals surface area contributed by atoms with Gasteiger partial charge in [0.2, 0.25) is 8.03 Å². The predicted octanol–water partition coefficient (Wildman–Crippen LogP) is 4.55. The van der Waals surface area contributed by atoms with Crippen LogP contribution in [0.15, 0.2) is 91.0 Å². The van der Waals surface area contributed by atoms with E-state index in [1.54, 1.807) is 42.5 Å². The molecule has 3 atom stereocenters. The summed E-state index contributed by atoms with van der Waals surface area (Å²) < 4.78 is 12.4. The molecule has 0 fully saturated rings.